The minimum atomic E-state index is -0.860. The Hall–Kier alpha value is -0.730. The van der Waals surface area contributed by atoms with Gasteiger partial charge < -0.3 is 10.6 Å². The number of carbonyl (C=O) groups is 3. The molecule has 1 rings (SSSR count). The van der Waals surface area contributed by atoms with Crippen LogP contribution in [0.5, 0.6) is 0 Å². The van der Waals surface area contributed by atoms with E-state index in [1.807, 2.05) is 0 Å². The fourth-order valence-electron chi connectivity index (χ4n) is 1.17. The summed E-state index contributed by atoms with van der Waals surface area (Å²) >= 11 is 0. The highest BCUT2D eigenvalue weighted by Gasteiger charge is 2.34. The molecule has 6 nitrogen and oxygen atoms in total. The predicted molar refractivity (Wildman–Crippen MR) is 75.0 cm³/mol. The Morgan fingerprint density at radius 3 is 2.37 bits per heavy atom. The fourth-order valence-corrected chi connectivity index (χ4v) is 3.58. The third-order valence-corrected chi connectivity index (χ3v) is 5.42. The van der Waals surface area contributed by atoms with Crippen molar-refractivity contribution in [3.63, 3.8) is 0 Å². The molecule has 1 aliphatic heterocycles. The first-order valence-corrected chi connectivity index (χ1v) is 8.16. The highest BCUT2D eigenvalue weighted by molar-refractivity contribution is 8.77. The molecule has 0 aliphatic carbocycles. The summed E-state index contributed by atoms with van der Waals surface area (Å²) < 4.78 is 0.0647. The van der Waals surface area contributed by atoms with Gasteiger partial charge in [-0.05, 0) is 0 Å². The lowest BCUT2D eigenvalue weighted by molar-refractivity contribution is -0.198. The van der Waals surface area contributed by atoms with Gasteiger partial charge in [-0.25, -0.2) is 4.79 Å². The van der Waals surface area contributed by atoms with Crippen molar-refractivity contribution < 1.29 is 19.2 Å². The molecule has 0 aromatic heterocycles. The second-order valence-corrected chi connectivity index (χ2v) is 8.25. The van der Waals surface area contributed by atoms with Crippen LogP contribution < -0.4 is 5.73 Å². The standard InChI is InChI=1S/C11H18N2O4S2/c1-11(2,3)19-18-6-7(12)10(16)17-13-8(14)4-5-9(13)15/h7H,4-6,12H2,1-3H3. The van der Waals surface area contributed by atoms with E-state index in [1.54, 1.807) is 10.8 Å². The summed E-state index contributed by atoms with van der Waals surface area (Å²) in [6.07, 6.45) is 0.159. The number of nitrogens with two attached hydrogens (primary N) is 1. The quantitative estimate of drug-likeness (QED) is 0.601. The monoisotopic (exact) mass is 306 g/mol. The number of hydroxylamine groups is 2. The molecule has 2 N–H and O–H groups in total. The van der Waals surface area contributed by atoms with Gasteiger partial charge in [-0.3, -0.25) is 9.59 Å². The van der Waals surface area contributed by atoms with Crippen LogP contribution in [0.1, 0.15) is 33.6 Å². The first-order chi connectivity index (χ1) is 8.70. The molecule has 0 saturated carbocycles. The molecule has 1 atom stereocenters. The topological polar surface area (TPSA) is 89.7 Å². The van der Waals surface area contributed by atoms with Gasteiger partial charge in [0.25, 0.3) is 11.8 Å². The lowest BCUT2D eigenvalue weighted by Gasteiger charge is -2.19. The molecule has 0 radical (unpaired) electrons. The summed E-state index contributed by atoms with van der Waals surface area (Å²) in [6.45, 7) is 6.15. The van der Waals surface area contributed by atoms with Gasteiger partial charge in [-0.15, -0.1) is 5.06 Å². The molecular formula is C11H18N2O4S2. The maximum Gasteiger partial charge on any atom is 0.350 e. The molecule has 1 aliphatic rings. The predicted octanol–water partition coefficient (Wildman–Crippen LogP) is 1.10. The van der Waals surface area contributed by atoms with E-state index in [0.29, 0.717) is 10.8 Å². The number of hydrogen-bond donors (Lipinski definition) is 1. The molecule has 108 valence electrons. The average Bonchev–Trinajstić information content (AvgIpc) is 2.58. The van der Waals surface area contributed by atoms with Crippen LogP contribution in [0.3, 0.4) is 0 Å². The Kier molecular flexibility index (Phi) is 5.69. The zero-order chi connectivity index (χ0) is 14.6. The van der Waals surface area contributed by atoms with Crippen LogP contribution in [0, 0.1) is 0 Å². The summed E-state index contributed by atoms with van der Waals surface area (Å²) in [6, 6.07) is -0.860. The SMILES string of the molecule is CC(C)(C)SSCC(N)C(=O)ON1C(=O)CCC1=O. The van der Waals surface area contributed by atoms with E-state index in [2.05, 4.69) is 20.8 Å². The molecule has 0 aromatic rings. The number of nitrogens with zero attached hydrogens (tertiary/aromatic N) is 1. The third-order valence-electron chi connectivity index (χ3n) is 2.05. The van der Waals surface area contributed by atoms with Crippen LogP contribution in [0.25, 0.3) is 0 Å². The molecule has 0 spiro atoms. The molecule has 8 heteroatoms. The number of rotatable bonds is 5. The van der Waals surface area contributed by atoms with Crippen LogP contribution >= 0.6 is 21.6 Å². The maximum absolute atomic E-state index is 11.6. The minimum Gasteiger partial charge on any atom is -0.329 e. The Morgan fingerprint density at radius 1 is 1.37 bits per heavy atom. The van der Waals surface area contributed by atoms with E-state index in [9.17, 15) is 14.4 Å². The lowest BCUT2D eigenvalue weighted by atomic mass is 10.3. The van der Waals surface area contributed by atoms with Gasteiger partial charge in [0.1, 0.15) is 6.04 Å². The Labute approximate surface area is 120 Å². The van der Waals surface area contributed by atoms with Gasteiger partial charge in [-0.2, -0.15) is 0 Å². The third kappa shape index (κ3) is 5.42. The average molecular weight is 306 g/mol. The molecule has 1 heterocycles. The van der Waals surface area contributed by atoms with Crippen LogP contribution in [-0.2, 0) is 19.2 Å². The van der Waals surface area contributed by atoms with Crippen LogP contribution in [0.15, 0.2) is 0 Å². The van der Waals surface area contributed by atoms with E-state index >= 15 is 0 Å². The second kappa shape index (κ2) is 6.62. The summed E-state index contributed by atoms with van der Waals surface area (Å²) in [5, 5.41) is 0.518. The number of amides is 2. The molecule has 0 aromatic carbocycles. The van der Waals surface area contributed by atoms with Crippen molar-refractivity contribution >= 4 is 39.4 Å². The number of hydrogen-bond acceptors (Lipinski definition) is 7. The van der Waals surface area contributed by atoms with Crippen molar-refractivity contribution in [1.82, 2.24) is 5.06 Å². The van der Waals surface area contributed by atoms with E-state index in [4.69, 9.17) is 10.6 Å². The summed E-state index contributed by atoms with van der Waals surface area (Å²) in [5.74, 6) is -1.40. The van der Waals surface area contributed by atoms with Crippen molar-refractivity contribution in [3.8, 4) is 0 Å². The summed E-state index contributed by atoms with van der Waals surface area (Å²) in [7, 11) is 3.06. The number of carbonyl (C=O) groups excluding carboxylic acids is 3. The van der Waals surface area contributed by atoms with E-state index in [1.165, 1.54) is 10.8 Å². The van der Waals surface area contributed by atoms with E-state index < -0.39 is 23.8 Å². The molecule has 1 saturated heterocycles. The summed E-state index contributed by atoms with van der Waals surface area (Å²) in [5.41, 5.74) is 5.66. The van der Waals surface area contributed by atoms with Crippen LogP contribution in [0.2, 0.25) is 0 Å². The Morgan fingerprint density at radius 2 is 1.89 bits per heavy atom. The first-order valence-electron chi connectivity index (χ1n) is 5.84. The van der Waals surface area contributed by atoms with Crippen molar-refractivity contribution in [2.45, 2.75) is 44.4 Å². The highest BCUT2D eigenvalue weighted by atomic mass is 33.1. The van der Waals surface area contributed by atoms with E-state index in [-0.39, 0.29) is 17.6 Å². The molecular weight excluding hydrogens is 288 g/mol. The first kappa shape index (κ1) is 16.3. The van der Waals surface area contributed by atoms with Gasteiger partial charge in [0.15, 0.2) is 0 Å². The fraction of sp³-hybridized carbons (Fsp3) is 0.727. The molecule has 1 fully saturated rings. The smallest absolute Gasteiger partial charge is 0.329 e. The highest BCUT2D eigenvalue weighted by Crippen LogP contribution is 2.35. The normalized spacial score (nSPS) is 17.8. The van der Waals surface area contributed by atoms with Gasteiger partial charge in [0, 0.05) is 23.3 Å². The van der Waals surface area contributed by atoms with Crippen molar-refractivity contribution in [1.29, 1.82) is 0 Å². The maximum atomic E-state index is 11.6. The lowest BCUT2D eigenvalue weighted by Crippen LogP contribution is -2.41. The van der Waals surface area contributed by atoms with Crippen molar-refractivity contribution in [2.75, 3.05) is 5.75 Å². The van der Waals surface area contributed by atoms with Gasteiger partial charge >= 0.3 is 5.97 Å². The zero-order valence-corrected chi connectivity index (χ0v) is 12.8. The number of imide groups is 1. The van der Waals surface area contributed by atoms with Crippen LogP contribution in [0.4, 0.5) is 0 Å². The van der Waals surface area contributed by atoms with Gasteiger partial charge in [0.05, 0.1) is 0 Å². The zero-order valence-electron chi connectivity index (χ0n) is 11.2. The van der Waals surface area contributed by atoms with Crippen LogP contribution in [-0.4, -0.2) is 39.4 Å². The van der Waals surface area contributed by atoms with Gasteiger partial charge in [-0.1, -0.05) is 42.4 Å². The largest absolute Gasteiger partial charge is 0.350 e. The van der Waals surface area contributed by atoms with Gasteiger partial charge in [0.2, 0.25) is 0 Å². The minimum absolute atomic E-state index is 0.0647. The molecule has 0 bridgehead atoms. The molecule has 1 unspecified atom stereocenters. The second-order valence-electron chi connectivity index (χ2n) is 5.08. The van der Waals surface area contributed by atoms with E-state index in [0.717, 1.165) is 0 Å². The molecule has 19 heavy (non-hydrogen) atoms. The molecule has 2 amide bonds. The van der Waals surface area contributed by atoms with Crippen molar-refractivity contribution in [3.05, 3.63) is 0 Å². The summed E-state index contributed by atoms with van der Waals surface area (Å²) in [4.78, 5) is 38.9. The van der Waals surface area contributed by atoms with Crippen molar-refractivity contribution in [2.24, 2.45) is 5.73 Å². The Balaban J connectivity index is 2.36. The Bertz CT molecular complexity index is 365.